The second-order valence-corrected chi connectivity index (χ2v) is 7.05. The molecule has 3 atom stereocenters. The molecule has 1 aliphatic carbocycles. The van der Waals surface area contributed by atoms with E-state index >= 15 is 0 Å². The molecule has 2 N–H and O–H groups in total. The molecule has 3 heteroatoms. The van der Waals surface area contributed by atoms with Crippen molar-refractivity contribution in [1.29, 1.82) is 0 Å². The molecule has 0 aromatic carbocycles. The summed E-state index contributed by atoms with van der Waals surface area (Å²) in [6.45, 7) is 14.5. The first-order valence-electron chi connectivity index (χ1n) is 7.28. The predicted molar refractivity (Wildman–Crippen MR) is 75.6 cm³/mol. The fourth-order valence-corrected chi connectivity index (χ4v) is 2.32. The molecule has 0 amide bonds. The zero-order chi connectivity index (χ0) is 13.9. The zero-order valence-electron chi connectivity index (χ0n) is 12.9. The van der Waals surface area contributed by atoms with Gasteiger partial charge in [-0.15, -0.1) is 0 Å². The van der Waals surface area contributed by atoms with E-state index in [1.54, 1.807) is 0 Å². The lowest BCUT2D eigenvalue weighted by molar-refractivity contribution is -0.125. The van der Waals surface area contributed by atoms with Gasteiger partial charge in [0, 0.05) is 24.6 Å². The second-order valence-electron chi connectivity index (χ2n) is 7.05. The quantitative estimate of drug-likeness (QED) is 0.736. The summed E-state index contributed by atoms with van der Waals surface area (Å²) in [5.74, 6) is 0.907. The Morgan fingerprint density at radius 3 is 2.33 bits per heavy atom. The van der Waals surface area contributed by atoms with Gasteiger partial charge < -0.3 is 15.2 Å². The van der Waals surface area contributed by atoms with Crippen molar-refractivity contribution in [2.24, 2.45) is 17.3 Å². The van der Waals surface area contributed by atoms with E-state index in [1.165, 1.54) is 0 Å². The van der Waals surface area contributed by atoms with Crippen molar-refractivity contribution in [1.82, 2.24) is 5.32 Å². The monoisotopic (exact) mass is 257 g/mol. The molecule has 0 heterocycles. The topological polar surface area (TPSA) is 41.5 Å². The minimum absolute atomic E-state index is 0.172. The van der Waals surface area contributed by atoms with E-state index in [0.29, 0.717) is 30.5 Å². The van der Waals surface area contributed by atoms with Gasteiger partial charge in [-0.3, -0.25) is 0 Å². The minimum Gasteiger partial charge on any atom is -0.392 e. The van der Waals surface area contributed by atoms with E-state index in [2.05, 4.69) is 33.0 Å². The molecule has 0 aliphatic heterocycles. The third kappa shape index (κ3) is 3.94. The van der Waals surface area contributed by atoms with Crippen LogP contribution >= 0.6 is 0 Å². The number of aliphatic hydroxyl groups excluding tert-OH is 1. The van der Waals surface area contributed by atoms with Crippen molar-refractivity contribution in [3.63, 3.8) is 0 Å². The molecule has 1 aliphatic rings. The van der Waals surface area contributed by atoms with Crippen LogP contribution < -0.4 is 5.32 Å². The van der Waals surface area contributed by atoms with Crippen LogP contribution in [0.4, 0.5) is 0 Å². The second kappa shape index (κ2) is 6.36. The average Bonchev–Trinajstić information content (AvgIpc) is 2.25. The summed E-state index contributed by atoms with van der Waals surface area (Å²) in [6, 6.07) is 0.461. The Hall–Kier alpha value is -0.120. The molecule has 1 rings (SSSR count). The third-order valence-electron chi connectivity index (χ3n) is 4.15. The van der Waals surface area contributed by atoms with Crippen molar-refractivity contribution < 1.29 is 9.84 Å². The lowest BCUT2D eigenvalue weighted by Crippen LogP contribution is -2.62. The van der Waals surface area contributed by atoms with Gasteiger partial charge in [-0.2, -0.15) is 0 Å². The van der Waals surface area contributed by atoms with Gasteiger partial charge >= 0.3 is 0 Å². The maximum absolute atomic E-state index is 9.81. The Kier molecular flexibility index (Phi) is 5.63. The molecular formula is C15H31NO2. The minimum atomic E-state index is -0.253. The molecular weight excluding hydrogens is 226 g/mol. The summed E-state index contributed by atoms with van der Waals surface area (Å²) >= 11 is 0. The van der Waals surface area contributed by atoms with E-state index in [9.17, 15) is 5.11 Å². The third-order valence-corrected chi connectivity index (χ3v) is 4.15. The van der Waals surface area contributed by atoms with E-state index < -0.39 is 0 Å². The standard InChI is InChI=1S/C15H31NO2/c1-10(2)9-18-14-7-13(15(14,5)6)16-8-12(17)11(3)4/h10-14,16-17H,7-9H2,1-6H3. The van der Waals surface area contributed by atoms with Gasteiger partial charge in [0.05, 0.1) is 12.2 Å². The molecule has 108 valence electrons. The van der Waals surface area contributed by atoms with Gasteiger partial charge in [0.15, 0.2) is 0 Å². The number of ether oxygens (including phenoxy) is 1. The van der Waals surface area contributed by atoms with E-state index in [0.717, 1.165) is 13.0 Å². The molecule has 0 aromatic rings. The largest absolute Gasteiger partial charge is 0.392 e. The highest BCUT2D eigenvalue weighted by atomic mass is 16.5. The fourth-order valence-electron chi connectivity index (χ4n) is 2.32. The number of hydrogen-bond donors (Lipinski definition) is 2. The summed E-state index contributed by atoms with van der Waals surface area (Å²) in [5.41, 5.74) is 0.172. The average molecular weight is 257 g/mol. The lowest BCUT2D eigenvalue weighted by Gasteiger charge is -2.52. The molecule has 0 aromatic heterocycles. The molecule has 3 nitrogen and oxygen atoms in total. The van der Waals surface area contributed by atoms with Crippen LogP contribution in [0, 0.1) is 17.3 Å². The summed E-state index contributed by atoms with van der Waals surface area (Å²) in [6.07, 6.45) is 1.16. The highest BCUT2D eigenvalue weighted by molar-refractivity contribution is 5.03. The van der Waals surface area contributed by atoms with E-state index in [-0.39, 0.29) is 11.5 Å². The van der Waals surface area contributed by atoms with Crippen molar-refractivity contribution in [2.45, 2.75) is 66.2 Å². The normalized spacial score (nSPS) is 28.5. The van der Waals surface area contributed by atoms with Gasteiger partial charge in [0.25, 0.3) is 0 Å². The van der Waals surface area contributed by atoms with Crippen molar-refractivity contribution in [2.75, 3.05) is 13.2 Å². The lowest BCUT2D eigenvalue weighted by atomic mass is 9.64. The van der Waals surface area contributed by atoms with Crippen LogP contribution in [-0.4, -0.2) is 36.5 Å². The molecule has 1 fully saturated rings. The molecule has 1 saturated carbocycles. The summed E-state index contributed by atoms with van der Waals surface area (Å²) in [4.78, 5) is 0. The predicted octanol–water partition coefficient (Wildman–Crippen LogP) is 2.43. The van der Waals surface area contributed by atoms with E-state index in [1.807, 2.05) is 13.8 Å². The van der Waals surface area contributed by atoms with Gasteiger partial charge in [0.1, 0.15) is 0 Å². The van der Waals surface area contributed by atoms with Crippen molar-refractivity contribution in [3.8, 4) is 0 Å². The number of hydrogen-bond acceptors (Lipinski definition) is 3. The van der Waals surface area contributed by atoms with Gasteiger partial charge in [-0.1, -0.05) is 41.5 Å². The molecule has 18 heavy (non-hydrogen) atoms. The highest BCUT2D eigenvalue weighted by Gasteiger charge is 2.48. The SMILES string of the molecule is CC(C)COC1CC(NCC(O)C(C)C)C1(C)C. The summed E-state index contributed by atoms with van der Waals surface area (Å²) in [7, 11) is 0. The Bertz CT molecular complexity index is 251. The van der Waals surface area contributed by atoms with Crippen LogP contribution in [-0.2, 0) is 4.74 Å². The Balaban J connectivity index is 2.30. The molecule has 0 saturated heterocycles. The first-order valence-corrected chi connectivity index (χ1v) is 7.28. The smallest absolute Gasteiger partial charge is 0.0687 e. The maximum atomic E-state index is 9.81. The van der Waals surface area contributed by atoms with Gasteiger partial charge in [-0.25, -0.2) is 0 Å². The Morgan fingerprint density at radius 2 is 1.89 bits per heavy atom. The van der Waals surface area contributed by atoms with Crippen LogP contribution in [0.25, 0.3) is 0 Å². The number of rotatable bonds is 7. The van der Waals surface area contributed by atoms with Gasteiger partial charge in [0.2, 0.25) is 0 Å². The molecule has 0 radical (unpaired) electrons. The zero-order valence-corrected chi connectivity index (χ0v) is 12.9. The van der Waals surface area contributed by atoms with Crippen LogP contribution in [0.2, 0.25) is 0 Å². The summed E-state index contributed by atoms with van der Waals surface area (Å²) < 4.78 is 5.94. The highest BCUT2D eigenvalue weighted by Crippen LogP contribution is 2.42. The van der Waals surface area contributed by atoms with E-state index in [4.69, 9.17) is 4.74 Å². The number of aliphatic hydroxyl groups is 1. The molecule has 0 spiro atoms. The van der Waals surface area contributed by atoms with Crippen LogP contribution in [0.15, 0.2) is 0 Å². The van der Waals surface area contributed by atoms with Crippen LogP contribution in [0.3, 0.4) is 0 Å². The van der Waals surface area contributed by atoms with Crippen LogP contribution in [0.1, 0.15) is 48.0 Å². The number of nitrogens with one attached hydrogen (secondary N) is 1. The van der Waals surface area contributed by atoms with Crippen molar-refractivity contribution >= 4 is 0 Å². The Labute approximate surface area is 112 Å². The Morgan fingerprint density at radius 1 is 1.28 bits per heavy atom. The van der Waals surface area contributed by atoms with Gasteiger partial charge in [-0.05, 0) is 18.3 Å². The fraction of sp³-hybridized carbons (Fsp3) is 1.00. The molecule has 0 bridgehead atoms. The maximum Gasteiger partial charge on any atom is 0.0687 e. The van der Waals surface area contributed by atoms with Crippen molar-refractivity contribution in [3.05, 3.63) is 0 Å². The first-order chi connectivity index (χ1) is 8.25. The summed E-state index contributed by atoms with van der Waals surface area (Å²) in [5, 5.41) is 13.3. The first kappa shape index (κ1) is 15.9. The molecule has 3 unspecified atom stereocenters. The van der Waals surface area contributed by atoms with Crippen LogP contribution in [0.5, 0.6) is 0 Å².